The first-order chi connectivity index (χ1) is 9.53. The number of nitro benzene ring substituents is 1. The monoisotopic (exact) mass is 355 g/mol. The second-order valence-electron chi connectivity index (χ2n) is 5.23. The molecule has 0 saturated carbocycles. The lowest BCUT2D eigenvalue weighted by atomic mass is 10.0. The molecule has 0 spiro atoms. The Labute approximate surface area is 130 Å². The van der Waals surface area contributed by atoms with Crippen molar-refractivity contribution < 1.29 is 19.2 Å². The zero-order valence-corrected chi connectivity index (χ0v) is 13.4. The van der Waals surface area contributed by atoms with Gasteiger partial charge in [0.2, 0.25) is 5.78 Å². The zero-order valence-electron chi connectivity index (χ0n) is 11.8. The average Bonchev–Trinajstić information content (AvgIpc) is 2.34. The van der Waals surface area contributed by atoms with E-state index in [2.05, 4.69) is 22.5 Å². The van der Waals surface area contributed by atoms with Gasteiger partial charge < -0.3 is 4.74 Å². The van der Waals surface area contributed by atoms with Crippen LogP contribution in [0.15, 0.2) is 34.8 Å². The SMILES string of the molecule is C=C(C(=O)OC(C)(C)C)C(=O)c1ccc([N+](=O)[O-])cc1Br. The fourth-order valence-electron chi connectivity index (χ4n) is 1.40. The largest absolute Gasteiger partial charge is 0.456 e. The van der Waals surface area contributed by atoms with E-state index in [9.17, 15) is 19.7 Å². The molecule has 0 aliphatic heterocycles. The second-order valence-corrected chi connectivity index (χ2v) is 6.09. The number of ketones is 1. The number of benzene rings is 1. The van der Waals surface area contributed by atoms with E-state index in [0.717, 1.165) is 0 Å². The van der Waals surface area contributed by atoms with Crippen LogP contribution in [-0.2, 0) is 9.53 Å². The van der Waals surface area contributed by atoms with Gasteiger partial charge in [-0.2, -0.15) is 0 Å². The number of nitro groups is 1. The Kier molecular flexibility index (Phi) is 5.01. The summed E-state index contributed by atoms with van der Waals surface area (Å²) in [6.07, 6.45) is 0. The molecule has 7 heteroatoms. The first-order valence-corrected chi connectivity index (χ1v) is 6.73. The molecule has 0 heterocycles. The summed E-state index contributed by atoms with van der Waals surface area (Å²) < 4.78 is 5.28. The van der Waals surface area contributed by atoms with Crippen LogP contribution < -0.4 is 0 Å². The van der Waals surface area contributed by atoms with Crippen molar-refractivity contribution in [3.05, 3.63) is 50.5 Å². The maximum atomic E-state index is 12.2. The molecule has 0 unspecified atom stereocenters. The maximum Gasteiger partial charge on any atom is 0.342 e. The molecular formula is C14H14BrNO5. The van der Waals surface area contributed by atoms with Crippen molar-refractivity contribution in [1.29, 1.82) is 0 Å². The summed E-state index contributed by atoms with van der Waals surface area (Å²) in [5, 5.41) is 10.6. The van der Waals surface area contributed by atoms with Crippen LogP contribution in [0.5, 0.6) is 0 Å². The van der Waals surface area contributed by atoms with Gasteiger partial charge in [-0.15, -0.1) is 0 Å². The number of hydrogen-bond acceptors (Lipinski definition) is 5. The van der Waals surface area contributed by atoms with E-state index < -0.39 is 22.3 Å². The maximum absolute atomic E-state index is 12.2. The number of nitrogens with zero attached hydrogens (tertiary/aromatic N) is 1. The summed E-state index contributed by atoms with van der Waals surface area (Å²) in [4.78, 5) is 34.0. The smallest absolute Gasteiger partial charge is 0.342 e. The van der Waals surface area contributed by atoms with Gasteiger partial charge in [0, 0.05) is 22.2 Å². The molecule has 112 valence electrons. The van der Waals surface area contributed by atoms with Gasteiger partial charge >= 0.3 is 5.97 Å². The number of carbonyl (C=O) groups is 2. The summed E-state index contributed by atoms with van der Waals surface area (Å²) in [5.74, 6) is -1.47. The lowest BCUT2D eigenvalue weighted by molar-refractivity contribution is -0.384. The Balaban J connectivity index is 3.01. The Morgan fingerprint density at radius 2 is 1.90 bits per heavy atom. The van der Waals surface area contributed by atoms with Crippen LogP contribution in [0.4, 0.5) is 5.69 Å². The molecule has 0 atom stereocenters. The Morgan fingerprint density at radius 1 is 1.33 bits per heavy atom. The van der Waals surface area contributed by atoms with E-state index in [0.29, 0.717) is 0 Å². The van der Waals surface area contributed by atoms with Gasteiger partial charge in [-0.1, -0.05) is 6.58 Å². The van der Waals surface area contributed by atoms with Crippen LogP contribution in [0, 0.1) is 10.1 Å². The number of non-ortho nitro benzene ring substituents is 1. The Bertz CT molecular complexity index is 631. The number of carbonyl (C=O) groups excluding carboxylic acids is 2. The highest BCUT2D eigenvalue weighted by molar-refractivity contribution is 9.10. The van der Waals surface area contributed by atoms with Crippen molar-refractivity contribution in [2.45, 2.75) is 26.4 Å². The van der Waals surface area contributed by atoms with E-state index in [-0.39, 0.29) is 21.3 Å². The van der Waals surface area contributed by atoms with Crippen LogP contribution in [0.2, 0.25) is 0 Å². The fourth-order valence-corrected chi connectivity index (χ4v) is 1.94. The number of rotatable bonds is 4. The van der Waals surface area contributed by atoms with E-state index in [1.807, 2.05) is 0 Å². The van der Waals surface area contributed by atoms with Gasteiger partial charge in [0.05, 0.1) is 4.92 Å². The van der Waals surface area contributed by atoms with Gasteiger partial charge in [0.15, 0.2) is 0 Å². The van der Waals surface area contributed by atoms with E-state index in [1.54, 1.807) is 20.8 Å². The molecule has 1 aromatic rings. The van der Waals surface area contributed by atoms with Crippen molar-refractivity contribution in [2.75, 3.05) is 0 Å². The standard InChI is InChI=1S/C14H14BrNO5/c1-8(13(18)21-14(2,3)4)12(17)10-6-5-9(16(19)20)7-11(10)15/h5-7H,1H2,2-4H3. The predicted molar refractivity (Wildman–Crippen MR) is 80.1 cm³/mol. The third kappa shape index (κ3) is 4.49. The quantitative estimate of drug-likeness (QED) is 0.157. The van der Waals surface area contributed by atoms with Crippen molar-refractivity contribution in [3.63, 3.8) is 0 Å². The number of hydrogen-bond donors (Lipinski definition) is 0. The first-order valence-electron chi connectivity index (χ1n) is 5.94. The summed E-state index contributed by atoms with van der Waals surface area (Å²) >= 11 is 3.08. The molecule has 1 rings (SSSR count). The van der Waals surface area contributed by atoms with Crippen LogP contribution in [-0.4, -0.2) is 22.3 Å². The fraction of sp³-hybridized carbons (Fsp3) is 0.286. The number of esters is 1. The summed E-state index contributed by atoms with van der Waals surface area (Å²) in [5.41, 5.74) is -1.13. The molecule has 0 aliphatic rings. The zero-order chi connectivity index (χ0) is 16.4. The van der Waals surface area contributed by atoms with E-state index in [4.69, 9.17) is 4.74 Å². The average molecular weight is 356 g/mol. The lowest BCUT2D eigenvalue weighted by Crippen LogP contribution is -2.27. The highest BCUT2D eigenvalue weighted by atomic mass is 79.9. The third-order valence-electron chi connectivity index (χ3n) is 2.33. The van der Waals surface area contributed by atoms with Crippen LogP contribution in [0.1, 0.15) is 31.1 Å². The van der Waals surface area contributed by atoms with E-state index in [1.165, 1.54) is 18.2 Å². The van der Waals surface area contributed by atoms with Crippen LogP contribution in [0.25, 0.3) is 0 Å². The van der Waals surface area contributed by atoms with Gasteiger partial charge in [0.25, 0.3) is 5.69 Å². The Morgan fingerprint density at radius 3 is 2.33 bits per heavy atom. The molecular weight excluding hydrogens is 342 g/mol. The molecule has 0 bridgehead atoms. The van der Waals surface area contributed by atoms with Gasteiger partial charge in [-0.3, -0.25) is 14.9 Å². The molecule has 0 fully saturated rings. The molecule has 0 radical (unpaired) electrons. The second kappa shape index (κ2) is 6.17. The topological polar surface area (TPSA) is 86.5 Å². The Hall–Kier alpha value is -2.02. The molecule has 0 N–H and O–H groups in total. The highest BCUT2D eigenvalue weighted by Crippen LogP contribution is 2.25. The third-order valence-corrected chi connectivity index (χ3v) is 2.98. The molecule has 1 aromatic carbocycles. The first kappa shape index (κ1) is 17.0. The van der Waals surface area contributed by atoms with Crippen LogP contribution in [0.3, 0.4) is 0 Å². The number of ether oxygens (including phenoxy) is 1. The van der Waals surface area contributed by atoms with Crippen molar-refractivity contribution in [1.82, 2.24) is 0 Å². The van der Waals surface area contributed by atoms with Crippen molar-refractivity contribution in [2.24, 2.45) is 0 Å². The number of Topliss-reactive ketones (excluding diaryl/α,β-unsaturated/α-hetero) is 1. The van der Waals surface area contributed by atoms with E-state index >= 15 is 0 Å². The van der Waals surface area contributed by atoms with Gasteiger partial charge in [-0.05, 0) is 42.8 Å². The molecule has 6 nitrogen and oxygen atoms in total. The molecule has 0 aliphatic carbocycles. The lowest BCUT2D eigenvalue weighted by Gasteiger charge is -2.19. The summed E-state index contributed by atoms with van der Waals surface area (Å²) in [7, 11) is 0. The number of halogens is 1. The van der Waals surface area contributed by atoms with Crippen molar-refractivity contribution >= 4 is 33.4 Å². The van der Waals surface area contributed by atoms with Gasteiger partial charge in [-0.25, -0.2) is 4.79 Å². The minimum atomic E-state index is -0.822. The van der Waals surface area contributed by atoms with Gasteiger partial charge in [0.1, 0.15) is 11.2 Å². The normalized spacial score (nSPS) is 10.9. The van der Waals surface area contributed by atoms with Crippen LogP contribution >= 0.6 is 15.9 Å². The molecule has 0 saturated heterocycles. The minimum absolute atomic E-state index is 0.108. The van der Waals surface area contributed by atoms with Crippen molar-refractivity contribution in [3.8, 4) is 0 Å². The predicted octanol–water partition coefficient (Wildman–Crippen LogP) is 3.44. The molecule has 21 heavy (non-hydrogen) atoms. The minimum Gasteiger partial charge on any atom is -0.456 e. The molecule has 0 aromatic heterocycles. The molecule has 0 amide bonds. The summed E-state index contributed by atoms with van der Waals surface area (Å²) in [6.45, 7) is 8.45. The highest BCUT2D eigenvalue weighted by Gasteiger charge is 2.25. The summed E-state index contributed by atoms with van der Waals surface area (Å²) in [6, 6.07) is 3.63.